The molecule has 78 valence electrons. The van der Waals surface area contributed by atoms with Crippen molar-refractivity contribution in [3.05, 3.63) is 18.6 Å². The maximum Gasteiger partial charge on any atom is 0.114 e. The molecule has 0 aliphatic heterocycles. The number of hydrogen-bond acceptors (Lipinski definition) is 5. The molecule has 1 N–H and O–H groups in total. The standard InChI is InChI=1S/C9H15N3OS/c1-13-6-4-10-5-7-14-9-8-11-2-3-12-9/h2-3,8,10H,4-7H2,1H3. The van der Waals surface area contributed by atoms with Gasteiger partial charge in [-0.1, -0.05) is 0 Å². The van der Waals surface area contributed by atoms with Crippen LogP contribution in [0.25, 0.3) is 0 Å². The third-order valence-electron chi connectivity index (χ3n) is 1.55. The fraction of sp³-hybridized carbons (Fsp3) is 0.556. The van der Waals surface area contributed by atoms with Gasteiger partial charge in [0.05, 0.1) is 12.8 Å². The second-order valence-electron chi connectivity index (χ2n) is 2.63. The lowest BCUT2D eigenvalue weighted by atomic mass is 10.6. The van der Waals surface area contributed by atoms with E-state index in [2.05, 4.69) is 15.3 Å². The third kappa shape index (κ3) is 5.16. The van der Waals surface area contributed by atoms with Gasteiger partial charge in [-0.15, -0.1) is 11.8 Å². The molecule has 0 spiro atoms. The lowest BCUT2D eigenvalue weighted by Gasteiger charge is -2.02. The van der Waals surface area contributed by atoms with E-state index in [9.17, 15) is 0 Å². The molecular formula is C9H15N3OS. The Balaban J connectivity index is 1.99. The van der Waals surface area contributed by atoms with Gasteiger partial charge in [0.1, 0.15) is 5.03 Å². The van der Waals surface area contributed by atoms with Crippen LogP contribution in [0.15, 0.2) is 23.6 Å². The van der Waals surface area contributed by atoms with Crippen LogP contribution in [-0.2, 0) is 4.74 Å². The van der Waals surface area contributed by atoms with Gasteiger partial charge in [0.25, 0.3) is 0 Å². The fourth-order valence-corrected chi connectivity index (χ4v) is 1.61. The first-order valence-corrected chi connectivity index (χ1v) is 5.50. The van der Waals surface area contributed by atoms with E-state index in [1.165, 1.54) is 0 Å². The monoisotopic (exact) mass is 213 g/mol. The van der Waals surface area contributed by atoms with Crippen molar-refractivity contribution in [2.75, 3.05) is 32.6 Å². The van der Waals surface area contributed by atoms with Gasteiger partial charge < -0.3 is 10.1 Å². The number of hydrogen-bond donors (Lipinski definition) is 1. The van der Waals surface area contributed by atoms with Gasteiger partial charge in [-0.25, -0.2) is 4.98 Å². The van der Waals surface area contributed by atoms with Crippen molar-refractivity contribution in [2.24, 2.45) is 0 Å². The van der Waals surface area contributed by atoms with Crippen molar-refractivity contribution in [3.8, 4) is 0 Å². The predicted molar refractivity (Wildman–Crippen MR) is 57.5 cm³/mol. The summed E-state index contributed by atoms with van der Waals surface area (Å²) in [6, 6.07) is 0. The molecule has 0 aliphatic rings. The summed E-state index contributed by atoms with van der Waals surface area (Å²) < 4.78 is 4.92. The van der Waals surface area contributed by atoms with Gasteiger partial charge in [0.15, 0.2) is 0 Å². The summed E-state index contributed by atoms with van der Waals surface area (Å²) in [4.78, 5) is 8.15. The van der Waals surface area contributed by atoms with Crippen molar-refractivity contribution in [1.82, 2.24) is 15.3 Å². The summed E-state index contributed by atoms with van der Waals surface area (Å²) in [6.45, 7) is 2.62. The average Bonchev–Trinajstić information content (AvgIpc) is 2.25. The molecule has 1 aromatic heterocycles. The van der Waals surface area contributed by atoms with Gasteiger partial charge in [-0.05, 0) is 0 Å². The van der Waals surface area contributed by atoms with Crippen LogP contribution in [0.5, 0.6) is 0 Å². The summed E-state index contributed by atoms with van der Waals surface area (Å²) in [7, 11) is 1.70. The SMILES string of the molecule is COCCNCCSc1cnccn1. The summed E-state index contributed by atoms with van der Waals surface area (Å²) in [5.74, 6) is 1.00. The number of methoxy groups -OCH3 is 1. The Morgan fingerprint density at radius 3 is 3.07 bits per heavy atom. The molecular weight excluding hydrogens is 198 g/mol. The molecule has 0 unspecified atom stereocenters. The van der Waals surface area contributed by atoms with Crippen LogP contribution in [0.4, 0.5) is 0 Å². The first kappa shape index (κ1) is 11.4. The zero-order chi connectivity index (χ0) is 10.1. The van der Waals surface area contributed by atoms with Crippen molar-refractivity contribution in [2.45, 2.75) is 5.03 Å². The summed E-state index contributed by atoms with van der Waals surface area (Å²) in [5.41, 5.74) is 0. The molecule has 5 heteroatoms. The third-order valence-corrected chi connectivity index (χ3v) is 2.47. The molecule has 0 aliphatic carbocycles. The predicted octanol–water partition coefficient (Wildman–Crippen LogP) is 0.805. The Hall–Kier alpha value is -0.650. The van der Waals surface area contributed by atoms with Gasteiger partial charge >= 0.3 is 0 Å². The molecule has 0 amide bonds. The number of nitrogens with zero attached hydrogens (tertiary/aromatic N) is 2. The molecule has 0 bridgehead atoms. The van der Waals surface area contributed by atoms with Crippen LogP contribution in [0.3, 0.4) is 0 Å². The van der Waals surface area contributed by atoms with Gasteiger partial charge in [-0.3, -0.25) is 4.98 Å². The van der Waals surface area contributed by atoms with Crippen molar-refractivity contribution in [1.29, 1.82) is 0 Å². The van der Waals surface area contributed by atoms with E-state index in [0.29, 0.717) is 0 Å². The van der Waals surface area contributed by atoms with Crippen LogP contribution >= 0.6 is 11.8 Å². The molecule has 4 nitrogen and oxygen atoms in total. The van der Waals surface area contributed by atoms with Crippen LogP contribution in [-0.4, -0.2) is 42.5 Å². The smallest absolute Gasteiger partial charge is 0.114 e. The topological polar surface area (TPSA) is 47.0 Å². The molecule has 1 aromatic rings. The van der Waals surface area contributed by atoms with E-state index in [1.54, 1.807) is 37.5 Å². The molecule has 0 aromatic carbocycles. The maximum absolute atomic E-state index is 4.92. The molecule has 14 heavy (non-hydrogen) atoms. The van der Waals surface area contributed by atoms with Gasteiger partial charge in [0, 0.05) is 38.3 Å². The Morgan fingerprint density at radius 2 is 2.36 bits per heavy atom. The van der Waals surface area contributed by atoms with Crippen LogP contribution in [0.1, 0.15) is 0 Å². The number of aromatic nitrogens is 2. The van der Waals surface area contributed by atoms with E-state index in [1.807, 2.05) is 0 Å². The molecule has 0 atom stereocenters. The fourth-order valence-electron chi connectivity index (χ4n) is 0.887. The van der Waals surface area contributed by atoms with E-state index in [0.717, 1.165) is 30.5 Å². The lowest BCUT2D eigenvalue weighted by molar-refractivity contribution is 0.200. The van der Waals surface area contributed by atoms with Crippen LogP contribution in [0.2, 0.25) is 0 Å². The van der Waals surface area contributed by atoms with E-state index >= 15 is 0 Å². The number of nitrogens with one attached hydrogen (secondary N) is 1. The highest BCUT2D eigenvalue weighted by atomic mass is 32.2. The Bertz CT molecular complexity index is 233. The summed E-state index contributed by atoms with van der Waals surface area (Å²) in [6.07, 6.45) is 5.17. The summed E-state index contributed by atoms with van der Waals surface area (Å²) in [5, 5.41) is 4.24. The van der Waals surface area contributed by atoms with Gasteiger partial charge in [-0.2, -0.15) is 0 Å². The van der Waals surface area contributed by atoms with Crippen molar-refractivity contribution in [3.63, 3.8) is 0 Å². The Kier molecular flexibility index (Phi) is 6.30. The zero-order valence-corrected chi connectivity index (χ0v) is 9.09. The highest BCUT2D eigenvalue weighted by Gasteiger charge is 1.93. The molecule has 0 radical (unpaired) electrons. The minimum absolute atomic E-state index is 0.760. The first-order valence-electron chi connectivity index (χ1n) is 4.52. The Morgan fingerprint density at radius 1 is 1.43 bits per heavy atom. The highest BCUT2D eigenvalue weighted by Crippen LogP contribution is 2.10. The maximum atomic E-state index is 4.92. The van der Waals surface area contributed by atoms with Crippen molar-refractivity contribution < 1.29 is 4.74 Å². The van der Waals surface area contributed by atoms with E-state index < -0.39 is 0 Å². The minimum Gasteiger partial charge on any atom is -0.383 e. The molecule has 1 rings (SSSR count). The molecule has 0 saturated heterocycles. The number of rotatable bonds is 7. The quantitative estimate of drug-likeness (QED) is 0.536. The largest absolute Gasteiger partial charge is 0.383 e. The number of thioether (sulfide) groups is 1. The molecule has 1 heterocycles. The molecule has 0 fully saturated rings. The van der Waals surface area contributed by atoms with E-state index in [4.69, 9.17) is 4.74 Å². The second-order valence-corrected chi connectivity index (χ2v) is 3.75. The Labute approximate surface area is 88.5 Å². The van der Waals surface area contributed by atoms with Crippen LogP contribution in [0, 0.1) is 0 Å². The average molecular weight is 213 g/mol. The highest BCUT2D eigenvalue weighted by molar-refractivity contribution is 7.99. The van der Waals surface area contributed by atoms with Gasteiger partial charge in [0.2, 0.25) is 0 Å². The zero-order valence-electron chi connectivity index (χ0n) is 8.27. The van der Waals surface area contributed by atoms with Crippen LogP contribution < -0.4 is 5.32 Å². The second kappa shape index (κ2) is 7.73. The minimum atomic E-state index is 0.760. The summed E-state index contributed by atoms with van der Waals surface area (Å²) >= 11 is 1.70. The van der Waals surface area contributed by atoms with Crippen molar-refractivity contribution >= 4 is 11.8 Å². The lowest BCUT2D eigenvalue weighted by Crippen LogP contribution is -2.21. The van der Waals surface area contributed by atoms with E-state index in [-0.39, 0.29) is 0 Å². The number of ether oxygens (including phenoxy) is 1. The normalized spacial score (nSPS) is 10.4. The first-order chi connectivity index (χ1) is 6.93. The molecule has 0 saturated carbocycles.